The number of benzene rings is 1. The number of phenolic OH excluding ortho intramolecular Hbond substituents is 1. The largest absolute Gasteiger partial charge is 0.506 e. The maximum absolute atomic E-state index is 12.4. The van der Waals surface area contributed by atoms with Gasteiger partial charge in [0.1, 0.15) is 5.75 Å². The number of phenols is 1. The summed E-state index contributed by atoms with van der Waals surface area (Å²) in [7, 11) is 0. The molecule has 3 N–H and O–H groups in total. The summed E-state index contributed by atoms with van der Waals surface area (Å²) in [5, 5.41) is 22.2. The van der Waals surface area contributed by atoms with E-state index in [4.69, 9.17) is 0 Å². The number of amides is 2. The fourth-order valence-electron chi connectivity index (χ4n) is 3.04. The number of anilines is 1. The van der Waals surface area contributed by atoms with Crippen molar-refractivity contribution in [2.24, 2.45) is 5.92 Å². The van der Waals surface area contributed by atoms with Gasteiger partial charge in [0.05, 0.1) is 5.69 Å². The Bertz CT molecular complexity index is 530. The second-order valence-electron chi connectivity index (χ2n) is 6.54. The summed E-state index contributed by atoms with van der Waals surface area (Å²) < 4.78 is 0. The van der Waals surface area contributed by atoms with E-state index in [-0.39, 0.29) is 30.3 Å². The number of nitrogens with zero attached hydrogens (tertiary/aromatic N) is 2. The molecule has 0 bridgehead atoms. The lowest BCUT2D eigenvalue weighted by atomic mass is 10.0. The molecular formula is C18H29N3O3. The Labute approximate surface area is 144 Å². The highest BCUT2D eigenvalue weighted by Crippen LogP contribution is 2.27. The monoisotopic (exact) mass is 335 g/mol. The number of carbonyl (C=O) groups is 1. The number of urea groups is 1. The molecule has 6 heteroatoms. The number of nitrogens with one attached hydrogen (secondary N) is 1. The second-order valence-corrected chi connectivity index (χ2v) is 6.54. The van der Waals surface area contributed by atoms with Crippen molar-refractivity contribution in [3.8, 4) is 5.75 Å². The minimum absolute atomic E-state index is 0.0380. The van der Waals surface area contributed by atoms with Crippen molar-refractivity contribution in [3.05, 3.63) is 24.3 Å². The van der Waals surface area contributed by atoms with Crippen molar-refractivity contribution < 1.29 is 15.0 Å². The molecule has 1 aliphatic rings. The number of carbonyl (C=O) groups excluding carboxylic acids is 1. The fraction of sp³-hybridized carbons (Fsp3) is 0.611. The molecule has 1 fully saturated rings. The van der Waals surface area contributed by atoms with Crippen LogP contribution >= 0.6 is 0 Å². The van der Waals surface area contributed by atoms with Gasteiger partial charge < -0.3 is 25.3 Å². The van der Waals surface area contributed by atoms with Gasteiger partial charge in [-0.25, -0.2) is 4.79 Å². The van der Waals surface area contributed by atoms with Gasteiger partial charge in [-0.2, -0.15) is 0 Å². The lowest BCUT2D eigenvalue weighted by molar-refractivity contribution is 0.181. The summed E-state index contributed by atoms with van der Waals surface area (Å²) in [4.78, 5) is 16.4. The van der Waals surface area contributed by atoms with Gasteiger partial charge in [-0.05, 0) is 30.9 Å². The van der Waals surface area contributed by atoms with Gasteiger partial charge >= 0.3 is 6.03 Å². The first-order valence-corrected chi connectivity index (χ1v) is 8.74. The third-order valence-electron chi connectivity index (χ3n) is 4.61. The van der Waals surface area contributed by atoms with Crippen molar-refractivity contribution in [1.82, 2.24) is 10.2 Å². The summed E-state index contributed by atoms with van der Waals surface area (Å²) in [6.07, 6.45) is 1.64. The minimum atomic E-state index is -0.0380. The molecular weight excluding hydrogens is 306 g/mol. The van der Waals surface area contributed by atoms with Crippen LogP contribution in [-0.4, -0.2) is 60.0 Å². The molecule has 0 aromatic heterocycles. The second kappa shape index (κ2) is 8.78. The van der Waals surface area contributed by atoms with Crippen LogP contribution in [0.2, 0.25) is 0 Å². The molecule has 24 heavy (non-hydrogen) atoms. The molecule has 1 aromatic carbocycles. The molecule has 1 heterocycles. The molecule has 1 aliphatic heterocycles. The number of piperazine rings is 1. The van der Waals surface area contributed by atoms with Gasteiger partial charge in [0, 0.05) is 38.8 Å². The van der Waals surface area contributed by atoms with E-state index >= 15 is 0 Å². The van der Waals surface area contributed by atoms with E-state index in [1.165, 1.54) is 0 Å². The highest BCUT2D eigenvalue weighted by atomic mass is 16.3. The molecule has 2 rings (SSSR count). The fourth-order valence-corrected chi connectivity index (χ4v) is 3.04. The van der Waals surface area contributed by atoms with Gasteiger partial charge in [-0.1, -0.05) is 26.0 Å². The third-order valence-corrected chi connectivity index (χ3v) is 4.61. The van der Waals surface area contributed by atoms with Gasteiger partial charge in [-0.3, -0.25) is 0 Å². The summed E-state index contributed by atoms with van der Waals surface area (Å²) in [5.74, 6) is 0.465. The van der Waals surface area contributed by atoms with E-state index in [0.717, 1.165) is 18.5 Å². The number of rotatable bonds is 6. The lowest BCUT2D eigenvalue weighted by Gasteiger charge is -2.37. The number of hydrogen-bond donors (Lipinski definition) is 3. The Morgan fingerprint density at radius 3 is 2.50 bits per heavy atom. The summed E-state index contributed by atoms with van der Waals surface area (Å²) in [6, 6.07) is 7.35. The molecule has 0 radical (unpaired) electrons. The molecule has 2 amide bonds. The molecule has 0 unspecified atom stereocenters. The van der Waals surface area contributed by atoms with Gasteiger partial charge in [0.25, 0.3) is 0 Å². The van der Waals surface area contributed by atoms with E-state index < -0.39 is 0 Å². The first kappa shape index (κ1) is 18.4. The molecule has 134 valence electrons. The number of aliphatic hydroxyl groups excluding tert-OH is 1. The Morgan fingerprint density at radius 2 is 1.92 bits per heavy atom. The third kappa shape index (κ3) is 4.77. The van der Waals surface area contributed by atoms with Crippen LogP contribution in [0.5, 0.6) is 5.75 Å². The zero-order valence-electron chi connectivity index (χ0n) is 14.6. The van der Waals surface area contributed by atoms with Crippen molar-refractivity contribution >= 4 is 11.7 Å². The maximum Gasteiger partial charge on any atom is 0.317 e. The van der Waals surface area contributed by atoms with Crippen LogP contribution in [0.3, 0.4) is 0 Å². The average Bonchev–Trinajstić information content (AvgIpc) is 2.61. The van der Waals surface area contributed by atoms with Crippen LogP contribution in [0.25, 0.3) is 0 Å². The Morgan fingerprint density at radius 1 is 1.25 bits per heavy atom. The number of aliphatic hydroxyl groups is 1. The standard InChI is InChI=1S/C18H29N3O3/c1-3-15(12-14(2)13-22)19-18(24)21-10-8-20(9-11-21)16-6-4-5-7-17(16)23/h4-7,14-15,22-23H,3,8-13H2,1-2H3,(H,19,24)/t14-,15-/m0/s1. The smallest absolute Gasteiger partial charge is 0.317 e. The molecule has 1 saturated heterocycles. The molecule has 0 aliphatic carbocycles. The first-order valence-electron chi connectivity index (χ1n) is 8.74. The van der Waals surface area contributed by atoms with Crippen molar-refractivity contribution in [1.29, 1.82) is 0 Å². The minimum Gasteiger partial charge on any atom is -0.506 e. The predicted octanol–water partition coefficient (Wildman–Crippen LogP) is 2.02. The lowest BCUT2D eigenvalue weighted by Crippen LogP contribution is -2.53. The summed E-state index contributed by atoms with van der Waals surface area (Å²) >= 11 is 0. The maximum atomic E-state index is 12.4. The van der Waals surface area contributed by atoms with E-state index in [1.807, 2.05) is 30.9 Å². The summed E-state index contributed by atoms with van der Waals surface area (Å²) in [6.45, 7) is 6.85. The molecule has 6 nitrogen and oxygen atoms in total. The van der Waals surface area contributed by atoms with Crippen molar-refractivity contribution in [2.45, 2.75) is 32.7 Å². The van der Waals surface area contributed by atoms with E-state index in [9.17, 15) is 15.0 Å². The topological polar surface area (TPSA) is 76.0 Å². The first-order chi connectivity index (χ1) is 11.5. The SMILES string of the molecule is CC[C@@H](C[C@H](C)CO)NC(=O)N1CCN(c2ccccc2O)CC1. The van der Waals surface area contributed by atoms with Crippen LogP contribution in [0.1, 0.15) is 26.7 Å². The van der Waals surface area contributed by atoms with E-state index in [0.29, 0.717) is 26.2 Å². The summed E-state index contributed by atoms with van der Waals surface area (Å²) in [5.41, 5.74) is 0.820. The number of hydrogen-bond acceptors (Lipinski definition) is 4. The Hall–Kier alpha value is -1.95. The van der Waals surface area contributed by atoms with Gasteiger partial charge in [0.2, 0.25) is 0 Å². The van der Waals surface area contributed by atoms with Crippen molar-refractivity contribution in [3.63, 3.8) is 0 Å². The highest BCUT2D eigenvalue weighted by molar-refractivity contribution is 5.75. The quantitative estimate of drug-likeness (QED) is 0.743. The van der Waals surface area contributed by atoms with E-state index in [2.05, 4.69) is 10.2 Å². The predicted molar refractivity (Wildman–Crippen MR) is 95.4 cm³/mol. The van der Waals surface area contributed by atoms with Crippen LogP contribution in [-0.2, 0) is 0 Å². The molecule has 2 atom stereocenters. The Kier molecular flexibility index (Phi) is 6.73. The average molecular weight is 335 g/mol. The zero-order valence-corrected chi connectivity index (χ0v) is 14.6. The van der Waals surface area contributed by atoms with Crippen LogP contribution < -0.4 is 10.2 Å². The molecule has 0 saturated carbocycles. The number of aromatic hydroxyl groups is 1. The van der Waals surface area contributed by atoms with Crippen LogP contribution in [0.4, 0.5) is 10.5 Å². The van der Waals surface area contributed by atoms with Crippen molar-refractivity contribution in [2.75, 3.05) is 37.7 Å². The normalized spacial score (nSPS) is 17.5. The van der Waals surface area contributed by atoms with E-state index in [1.54, 1.807) is 12.1 Å². The van der Waals surface area contributed by atoms with Crippen LogP contribution in [0, 0.1) is 5.92 Å². The van der Waals surface area contributed by atoms with Gasteiger partial charge in [-0.15, -0.1) is 0 Å². The number of para-hydroxylation sites is 2. The highest BCUT2D eigenvalue weighted by Gasteiger charge is 2.24. The Balaban J connectivity index is 1.85. The van der Waals surface area contributed by atoms with Gasteiger partial charge in [0.15, 0.2) is 0 Å². The molecule has 0 spiro atoms. The van der Waals surface area contributed by atoms with Crippen LogP contribution in [0.15, 0.2) is 24.3 Å². The zero-order chi connectivity index (χ0) is 17.5. The molecule has 1 aromatic rings.